The van der Waals surface area contributed by atoms with E-state index in [4.69, 9.17) is 15.2 Å². The van der Waals surface area contributed by atoms with Crippen LogP contribution in [0.5, 0.6) is 0 Å². The Kier molecular flexibility index (Phi) is 12.2. The van der Waals surface area contributed by atoms with E-state index in [1.807, 2.05) is 65.6 Å². The molecule has 13 nitrogen and oxygen atoms in total. The molecule has 1 aromatic heterocycles. The van der Waals surface area contributed by atoms with Gasteiger partial charge in [-0.25, -0.2) is 4.79 Å². The summed E-state index contributed by atoms with van der Waals surface area (Å²) in [6, 6.07) is 23.6. The summed E-state index contributed by atoms with van der Waals surface area (Å²) in [4.78, 5) is 55.6. The summed E-state index contributed by atoms with van der Waals surface area (Å²) < 4.78 is 12.8. The molecule has 0 aliphatic carbocycles. The Morgan fingerprint density at radius 2 is 1.55 bits per heavy atom. The van der Waals surface area contributed by atoms with Gasteiger partial charge in [-0.3, -0.25) is 24.8 Å². The highest BCUT2D eigenvalue weighted by atomic mass is 16.6. The zero-order valence-corrected chi connectivity index (χ0v) is 31.2. The van der Waals surface area contributed by atoms with E-state index in [9.17, 15) is 19.2 Å². The monoisotopic (exact) mass is 725 g/mol. The molecule has 0 radical (unpaired) electrons. The second-order valence-corrected chi connectivity index (χ2v) is 15.1. The Balaban J connectivity index is 1.29. The van der Waals surface area contributed by atoms with Gasteiger partial charge >= 0.3 is 6.09 Å². The van der Waals surface area contributed by atoms with Gasteiger partial charge in [-0.15, -0.1) is 0 Å². The SMILES string of the molecule is CC(C)(C)OC(=O)NC(C)(C)C(=O)N[C@](N)(COCc1ccccc1)C(=O)Nc1cnn(CCC(C(=O)N2CCCC2)c2ccc3ccccc3c2)c1. The molecule has 3 aromatic carbocycles. The predicted molar refractivity (Wildman–Crippen MR) is 203 cm³/mol. The lowest BCUT2D eigenvalue weighted by atomic mass is 9.92. The summed E-state index contributed by atoms with van der Waals surface area (Å²) >= 11 is 0. The average Bonchev–Trinajstić information content (AvgIpc) is 3.80. The number of aromatic nitrogens is 2. The molecule has 5 rings (SSSR count). The number of aryl methyl sites for hydroxylation is 1. The molecule has 13 heteroatoms. The molecule has 1 fully saturated rings. The van der Waals surface area contributed by atoms with Gasteiger partial charge in [0.25, 0.3) is 5.91 Å². The molecule has 4 aromatic rings. The van der Waals surface area contributed by atoms with Crippen molar-refractivity contribution in [2.24, 2.45) is 5.73 Å². The standard InChI is InChI=1S/C40H51N7O6/c1-38(2,3)53-37(51)45-39(4,5)35(49)44-40(41,27-52-26-28-13-7-6-8-14-28)36(50)43-32-24-42-47(25-32)22-19-33(34(48)46-20-11-12-21-46)31-18-17-29-15-9-10-16-30(29)23-31/h6-10,13-18,23-25,33H,11-12,19-22,26-27,41H2,1-5H3,(H,43,50)(H,44,49)(H,45,51)/t33?,40-/m1/s1. The van der Waals surface area contributed by atoms with Crippen LogP contribution in [-0.2, 0) is 37.0 Å². The van der Waals surface area contributed by atoms with Gasteiger partial charge in [0, 0.05) is 25.8 Å². The van der Waals surface area contributed by atoms with Crippen LogP contribution < -0.4 is 21.7 Å². The highest BCUT2D eigenvalue weighted by Gasteiger charge is 2.42. The molecular weight excluding hydrogens is 674 g/mol. The smallest absolute Gasteiger partial charge is 0.408 e. The molecule has 5 N–H and O–H groups in total. The molecule has 282 valence electrons. The average molecular weight is 726 g/mol. The lowest BCUT2D eigenvalue weighted by Crippen LogP contribution is -2.70. The molecule has 1 saturated heterocycles. The number of fused-ring (bicyclic) bond motifs is 1. The number of benzene rings is 3. The molecule has 2 atom stereocenters. The van der Waals surface area contributed by atoms with E-state index < -0.39 is 34.7 Å². The van der Waals surface area contributed by atoms with Gasteiger partial charge in [-0.2, -0.15) is 5.10 Å². The van der Waals surface area contributed by atoms with Gasteiger partial charge in [0.1, 0.15) is 11.1 Å². The van der Waals surface area contributed by atoms with Crippen LogP contribution >= 0.6 is 0 Å². The van der Waals surface area contributed by atoms with Gasteiger partial charge in [0.2, 0.25) is 11.8 Å². The summed E-state index contributed by atoms with van der Waals surface area (Å²) in [5.74, 6) is -1.76. The molecule has 1 unspecified atom stereocenters. The fraction of sp³-hybridized carbons (Fsp3) is 0.425. The maximum absolute atomic E-state index is 13.8. The Hall–Kier alpha value is -5.27. The van der Waals surface area contributed by atoms with Crippen LogP contribution in [0.2, 0.25) is 0 Å². The molecule has 53 heavy (non-hydrogen) atoms. The summed E-state index contributed by atoms with van der Waals surface area (Å²) in [6.45, 7) is 9.72. The molecule has 0 spiro atoms. The summed E-state index contributed by atoms with van der Waals surface area (Å²) in [6.07, 6.45) is 4.81. The Labute approximate surface area is 310 Å². The molecule has 1 aliphatic rings. The highest BCUT2D eigenvalue weighted by Crippen LogP contribution is 2.28. The number of ether oxygens (including phenoxy) is 2. The normalized spacial score (nSPS) is 15.0. The van der Waals surface area contributed by atoms with Crippen LogP contribution in [-0.4, -0.2) is 75.0 Å². The predicted octanol–water partition coefficient (Wildman–Crippen LogP) is 5.06. The van der Waals surface area contributed by atoms with E-state index in [0.29, 0.717) is 18.7 Å². The van der Waals surface area contributed by atoms with Crippen molar-refractivity contribution in [2.75, 3.05) is 25.0 Å². The third kappa shape index (κ3) is 10.6. The van der Waals surface area contributed by atoms with E-state index in [1.165, 1.54) is 20.0 Å². The zero-order chi connectivity index (χ0) is 38.2. The fourth-order valence-electron chi connectivity index (χ4n) is 6.11. The summed E-state index contributed by atoms with van der Waals surface area (Å²) in [5, 5.41) is 14.5. The van der Waals surface area contributed by atoms with E-state index in [1.54, 1.807) is 31.6 Å². The van der Waals surface area contributed by atoms with E-state index in [2.05, 4.69) is 33.2 Å². The van der Waals surface area contributed by atoms with Crippen LogP contribution in [0.15, 0.2) is 85.2 Å². The van der Waals surface area contributed by atoms with Crippen LogP contribution in [0.3, 0.4) is 0 Å². The van der Waals surface area contributed by atoms with Gasteiger partial charge < -0.3 is 30.3 Å². The zero-order valence-electron chi connectivity index (χ0n) is 31.2. The van der Waals surface area contributed by atoms with Gasteiger partial charge in [0.15, 0.2) is 5.66 Å². The quantitative estimate of drug-likeness (QED) is 0.131. The second kappa shape index (κ2) is 16.6. The Morgan fingerprint density at radius 1 is 0.868 bits per heavy atom. The maximum Gasteiger partial charge on any atom is 0.408 e. The minimum atomic E-state index is -2.05. The maximum atomic E-state index is 13.8. The van der Waals surface area contributed by atoms with Gasteiger partial charge in [-0.1, -0.05) is 72.8 Å². The molecule has 2 heterocycles. The van der Waals surface area contributed by atoms with Crippen molar-refractivity contribution in [3.8, 4) is 0 Å². The summed E-state index contributed by atoms with van der Waals surface area (Å²) in [5.41, 5.74) is 4.39. The number of nitrogens with two attached hydrogens (primary N) is 1. The van der Waals surface area contributed by atoms with Crippen LogP contribution in [0.1, 0.15) is 70.9 Å². The molecule has 1 aliphatic heterocycles. The largest absolute Gasteiger partial charge is 0.444 e. The van der Waals surface area contributed by atoms with Crippen LogP contribution in [0, 0.1) is 0 Å². The van der Waals surface area contributed by atoms with Crippen molar-refractivity contribution < 1.29 is 28.7 Å². The number of nitrogens with zero attached hydrogens (tertiary/aromatic N) is 3. The van der Waals surface area contributed by atoms with E-state index in [0.717, 1.165) is 47.8 Å². The Morgan fingerprint density at radius 3 is 2.25 bits per heavy atom. The minimum absolute atomic E-state index is 0.0988. The third-order valence-electron chi connectivity index (χ3n) is 8.99. The summed E-state index contributed by atoms with van der Waals surface area (Å²) in [7, 11) is 0. The number of hydrogen-bond donors (Lipinski definition) is 4. The number of likely N-dealkylation sites (tertiary alicyclic amines) is 1. The van der Waals surface area contributed by atoms with Crippen molar-refractivity contribution in [3.63, 3.8) is 0 Å². The number of anilines is 1. The number of rotatable bonds is 14. The first-order valence-corrected chi connectivity index (χ1v) is 18.0. The topological polar surface area (TPSA) is 170 Å². The van der Waals surface area contributed by atoms with Crippen molar-refractivity contribution >= 4 is 40.3 Å². The first kappa shape index (κ1) is 38.9. The molecular formula is C40H51N7O6. The number of amides is 4. The lowest BCUT2D eigenvalue weighted by Gasteiger charge is -2.34. The number of hydrogen-bond acceptors (Lipinski definition) is 8. The number of alkyl carbamates (subject to hydrolysis) is 1. The Bertz CT molecular complexity index is 1900. The number of nitrogens with one attached hydrogen (secondary N) is 3. The van der Waals surface area contributed by atoms with E-state index in [-0.39, 0.29) is 25.0 Å². The van der Waals surface area contributed by atoms with Crippen LogP contribution in [0.4, 0.5) is 10.5 Å². The van der Waals surface area contributed by atoms with Gasteiger partial charge in [0.05, 0.1) is 31.0 Å². The lowest BCUT2D eigenvalue weighted by molar-refractivity contribution is -0.136. The second-order valence-electron chi connectivity index (χ2n) is 15.1. The number of carbonyl (C=O) groups is 4. The fourth-order valence-corrected chi connectivity index (χ4v) is 6.11. The first-order valence-electron chi connectivity index (χ1n) is 18.0. The first-order chi connectivity index (χ1) is 25.1. The minimum Gasteiger partial charge on any atom is -0.444 e. The molecule has 0 saturated carbocycles. The van der Waals surface area contributed by atoms with Crippen molar-refractivity contribution in [1.82, 2.24) is 25.3 Å². The van der Waals surface area contributed by atoms with Crippen molar-refractivity contribution in [3.05, 3.63) is 96.3 Å². The highest BCUT2D eigenvalue weighted by molar-refractivity contribution is 6.01. The number of carbonyl (C=O) groups excluding carboxylic acids is 4. The van der Waals surface area contributed by atoms with Gasteiger partial charge in [-0.05, 0) is 75.8 Å². The van der Waals surface area contributed by atoms with Crippen LogP contribution in [0.25, 0.3) is 10.8 Å². The van der Waals surface area contributed by atoms with Crippen molar-refractivity contribution in [2.45, 2.75) is 89.8 Å². The third-order valence-corrected chi connectivity index (χ3v) is 8.99. The van der Waals surface area contributed by atoms with Crippen molar-refractivity contribution in [1.29, 1.82) is 0 Å². The van der Waals surface area contributed by atoms with E-state index >= 15 is 0 Å². The molecule has 0 bridgehead atoms. The molecule has 4 amide bonds.